The van der Waals surface area contributed by atoms with Gasteiger partial charge in [0.05, 0.1) is 13.7 Å². The van der Waals surface area contributed by atoms with E-state index in [1.165, 1.54) is 5.56 Å². The number of carbonyl (C=O) groups excluding carboxylic acids is 1. The number of esters is 1. The molecule has 1 aromatic heterocycles. The number of methoxy groups -OCH3 is 1. The van der Waals surface area contributed by atoms with Gasteiger partial charge in [0.2, 0.25) is 0 Å². The number of aromatic nitrogens is 1. The predicted octanol–water partition coefficient (Wildman–Crippen LogP) is 3.65. The number of carbonyl (C=O) groups is 1. The summed E-state index contributed by atoms with van der Waals surface area (Å²) in [4.78, 5) is 19.8. The van der Waals surface area contributed by atoms with Gasteiger partial charge < -0.3 is 19.6 Å². The van der Waals surface area contributed by atoms with Crippen molar-refractivity contribution in [1.82, 2.24) is 9.88 Å². The number of H-pyrrole nitrogens is 1. The molecule has 1 fully saturated rings. The number of rotatable bonds is 7. The molecule has 2 aromatic rings. The molecule has 2 bridgehead atoms. The van der Waals surface area contributed by atoms with Crippen molar-refractivity contribution >= 4 is 16.9 Å². The van der Waals surface area contributed by atoms with Crippen LogP contribution in [-0.2, 0) is 21.4 Å². The van der Waals surface area contributed by atoms with E-state index in [1.807, 2.05) is 19.1 Å². The highest BCUT2D eigenvalue weighted by atomic mass is 16.5. The van der Waals surface area contributed by atoms with E-state index in [4.69, 9.17) is 9.47 Å². The number of nitrogens with one attached hydrogen (secondary N) is 1. The molecule has 170 valence electrons. The van der Waals surface area contributed by atoms with Gasteiger partial charge in [0.25, 0.3) is 0 Å². The van der Waals surface area contributed by atoms with E-state index >= 15 is 0 Å². The summed E-state index contributed by atoms with van der Waals surface area (Å²) in [5.74, 6) is 1.52. The van der Waals surface area contributed by atoms with Crippen molar-refractivity contribution in [3.8, 4) is 5.75 Å². The number of aromatic amines is 1. The zero-order valence-electron chi connectivity index (χ0n) is 19.2. The lowest BCUT2D eigenvalue weighted by atomic mass is 9.66. The van der Waals surface area contributed by atoms with Gasteiger partial charge in [-0.15, -0.1) is 0 Å². The van der Waals surface area contributed by atoms with E-state index in [2.05, 4.69) is 29.8 Å². The molecule has 4 unspecified atom stereocenters. The second kappa shape index (κ2) is 8.83. The summed E-state index contributed by atoms with van der Waals surface area (Å²) in [7, 11) is 1.69. The number of benzene rings is 1. The molecule has 3 heterocycles. The summed E-state index contributed by atoms with van der Waals surface area (Å²) in [6.45, 7) is 8.77. The molecule has 4 rings (SSSR count). The zero-order chi connectivity index (χ0) is 22.2. The number of hydrogen-bond donors (Lipinski definition) is 2. The van der Waals surface area contributed by atoms with Crippen LogP contribution < -0.4 is 4.74 Å². The molecule has 1 saturated heterocycles. The molecule has 2 N–H and O–H groups in total. The maximum atomic E-state index is 13.7. The maximum Gasteiger partial charge on any atom is 0.319 e. The standard InChI is InChI=1S/C25H36N2O4/c1-5-31-24(29)25-14-18(12-16(2)9-11-28)15-27(17(25)3)10-8-20-21-13-19(30-4)6-7-22(21)26-23(20)25/h6-7,13,16-18,26,28H,5,8-12,14-15H2,1-4H3/t16?,17?,18-,25?/m0/s1. The van der Waals surface area contributed by atoms with Crippen LogP contribution in [0, 0.1) is 11.8 Å². The number of aliphatic hydroxyl groups excluding tert-OH is 1. The number of ether oxygens (including phenoxy) is 2. The van der Waals surface area contributed by atoms with Crippen LogP contribution in [0.5, 0.6) is 5.75 Å². The van der Waals surface area contributed by atoms with Crippen molar-refractivity contribution in [3.05, 3.63) is 29.5 Å². The first kappa shape index (κ1) is 22.2. The van der Waals surface area contributed by atoms with E-state index in [-0.39, 0.29) is 18.6 Å². The Morgan fingerprint density at radius 1 is 1.42 bits per heavy atom. The molecule has 0 radical (unpaired) electrons. The molecule has 2 aliphatic heterocycles. The predicted molar refractivity (Wildman–Crippen MR) is 121 cm³/mol. The second-order valence-corrected chi connectivity index (χ2v) is 9.43. The van der Waals surface area contributed by atoms with Crippen LogP contribution in [0.4, 0.5) is 0 Å². The molecule has 31 heavy (non-hydrogen) atoms. The van der Waals surface area contributed by atoms with Crippen LogP contribution in [0.3, 0.4) is 0 Å². The van der Waals surface area contributed by atoms with Gasteiger partial charge in [0.1, 0.15) is 11.2 Å². The molecule has 0 aliphatic carbocycles. The van der Waals surface area contributed by atoms with Crippen LogP contribution in [0.2, 0.25) is 0 Å². The van der Waals surface area contributed by atoms with Gasteiger partial charge in [-0.2, -0.15) is 0 Å². The monoisotopic (exact) mass is 428 g/mol. The summed E-state index contributed by atoms with van der Waals surface area (Å²) >= 11 is 0. The molecular weight excluding hydrogens is 392 g/mol. The first-order chi connectivity index (χ1) is 14.9. The Kier molecular flexibility index (Phi) is 6.31. The largest absolute Gasteiger partial charge is 0.497 e. The van der Waals surface area contributed by atoms with Gasteiger partial charge in [-0.1, -0.05) is 6.92 Å². The fourth-order valence-corrected chi connectivity index (χ4v) is 6.02. The summed E-state index contributed by atoms with van der Waals surface area (Å²) in [6, 6.07) is 6.16. The lowest BCUT2D eigenvalue weighted by Gasteiger charge is -2.48. The van der Waals surface area contributed by atoms with Gasteiger partial charge >= 0.3 is 5.97 Å². The summed E-state index contributed by atoms with van der Waals surface area (Å²) in [5.41, 5.74) is 2.59. The number of hydrogen-bond acceptors (Lipinski definition) is 5. The lowest BCUT2D eigenvalue weighted by Crippen LogP contribution is -2.60. The Morgan fingerprint density at radius 3 is 2.94 bits per heavy atom. The Bertz CT molecular complexity index is 939. The third kappa shape index (κ3) is 3.74. The number of piperidine rings is 1. The maximum absolute atomic E-state index is 13.7. The molecule has 0 spiro atoms. The van der Waals surface area contributed by atoms with Crippen molar-refractivity contribution in [2.75, 3.05) is 33.4 Å². The normalized spacial score (nSPS) is 28.6. The van der Waals surface area contributed by atoms with Gasteiger partial charge in [-0.25, -0.2) is 0 Å². The lowest BCUT2D eigenvalue weighted by molar-refractivity contribution is -0.157. The van der Waals surface area contributed by atoms with E-state index in [1.54, 1.807) is 7.11 Å². The number of aliphatic hydroxyl groups is 1. The highest BCUT2D eigenvalue weighted by Gasteiger charge is 2.56. The van der Waals surface area contributed by atoms with Crippen LogP contribution >= 0.6 is 0 Å². The molecular formula is C25H36N2O4. The third-order valence-electron chi connectivity index (χ3n) is 7.57. The Morgan fingerprint density at radius 2 is 2.23 bits per heavy atom. The molecule has 5 atom stereocenters. The fourth-order valence-electron chi connectivity index (χ4n) is 6.02. The van der Waals surface area contributed by atoms with Crippen molar-refractivity contribution in [2.24, 2.45) is 11.8 Å². The quantitative estimate of drug-likeness (QED) is 0.659. The minimum Gasteiger partial charge on any atom is -0.497 e. The fraction of sp³-hybridized carbons (Fsp3) is 0.640. The van der Waals surface area contributed by atoms with E-state index in [0.717, 1.165) is 61.1 Å². The summed E-state index contributed by atoms with van der Waals surface area (Å²) < 4.78 is 11.2. The molecule has 0 amide bonds. The van der Waals surface area contributed by atoms with Crippen LogP contribution in [-0.4, -0.2) is 60.4 Å². The average Bonchev–Trinajstić information content (AvgIpc) is 3.09. The number of fused-ring (bicyclic) bond motifs is 6. The van der Waals surface area contributed by atoms with Gasteiger partial charge in [0.15, 0.2) is 0 Å². The minimum atomic E-state index is -0.712. The van der Waals surface area contributed by atoms with Gasteiger partial charge in [0, 0.05) is 42.3 Å². The first-order valence-electron chi connectivity index (χ1n) is 11.7. The molecule has 2 aliphatic rings. The average molecular weight is 429 g/mol. The van der Waals surface area contributed by atoms with Crippen LogP contribution in [0.15, 0.2) is 18.2 Å². The second-order valence-electron chi connectivity index (χ2n) is 9.43. The van der Waals surface area contributed by atoms with Crippen LogP contribution in [0.1, 0.15) is 51.3 Å². The summed E-state index contributed by atoms with van der Waals surface area (Å²) in [6.07, 6.45) is 3.48. The smallest absolute Gasteiger partial charge is 0.319 e. The van der Waals surface area contributed by atoms with Crippen molar-refractivity contribution < 1.29 is 19.4 Å². The van der Waals surface area contributed by atoms with Crippen molar-refractivity contribution in [3.63, 3.8) is 0 Å². The van der Waals surface area contributed by atoms with Crippen LogP contribution in [0.25, 0.3) is 10.9 Å². The Balaban J connectivity index is 1.85. The summed E-state index contributed by atoms with van der Waals surface area (Å²) in [5, 5.41) is 10.5. The number of nitrogens with zero attached hydrogens (tertiary/aromatic N) is 1. The molecule has 6 heteroatoms. The minimum absolute atomic E-state index is 0.0622. The Hall–Kier alpha value is -2.05. The third-order valence-corrected chi connectivity index (χ3v) is 7.57. The van der Waals surface area contributed by atoms with Crippen molar-refractivity contribution in [1.29, 1.82) is 0 Å². The topological polar surface area (TPSA) is 74.8 Å². The van der Waals surface area contributed by atoms with E-state index < -0.39 is 5.41 Å². The highest BCUT2D eigenvalue weighted by molar-refractivity contribution is 5.92. The molecule has 6 nitrogen and oxygen atoms in total. The zero-order valence-corrected chi connectivity index (χ0v) is 19.2. The highest BCUT2D eigenvalue weighted by Crippen LogP contribution is 2.48. The SMILES string of the molecule is CCOC(=O)C12C[C@H](CC(C)CCO)CN(CCc3c1[nH]c1ccc(OC)cc31)C2C. The van der Waals surface area contributed by atoms with E-state index in [0.29, 0.717) is 18.4 Å². The molecule has 1 aromatic carbocycles. The van der Waals surface area contributed by atoms with Gasteiger partial charge in [-0.3, -0.25) is 9.69 Å². The molecule has 0 saturated carbocycles. The van der Waals surface area contributed by atoms with Gasteiger partial charge in [-0.05, 0) is 75.1 Å². The van der Waals surface area contributed by atoms with E-state index in [9.17, 15) is 9.90 Å². The van der Waals surface area contributed by atoms with Crippen molar-refractivity contribution in [2.45, 2.75) is 57.9 Å². The Labute approximate surface area is 184 Å². The first-order valence-corrected chi connectivity index (χ1v) is 11.7.